The Hall–Kier alpha value is -2.57. The fraction of sp³-hybridized carbons (Fsp3) is 0.130. The molecule has 2 heterocycles. The monoisotopic (exact) mass is 472 g/mol. The summed E-state index contributed by atoms with van der Waals surface area (Å²) in [7, 11) is 0. The van der Waals surface area contributed by atoms with E-state index in [1.54, 1.807) is 71.8 Å². The molecule has 31 heavy (non-hydrogen) atoms. The molecule has 2 aliphatic rings. The molecule has 5 nitrogen and oxygen atoms in total. The van der Waals surface area contributed by atoms with Crippen molar-refractivity contribution < 1.29 is 14.4 Å². The number of anilines is 2. The predicted molar refractivity (Wildman–Crippen MR) is 120 cm³/mol. The van der Waals surface area contributed by atoms with Crippen LogP contribution in [0, 0.1) is 5.92 Å². The maximum atomic E-state index is 13.5. The number of benzene rings is 3. The fourth-order valence-electron chi connectivity index (χ4n) is 4.12. The number of carbonyl (C=O) groups excluding carboxylic acids is 2. The molecule has 8 heteroatoms. The highest BCUT2D eigenvalue weighted by Crippen LogP contribution is 2.49. The van der Waals surface area contributed by atoms with Crippen molar-refractivity contribution in [2.75, 3.05) is 9.96 Å². The number of carbonyl (C=O) groups is 2. The van der Waals surface area contributed by atoms with Crippen molar-refractivity contribution >= 4 is 58.0 Å². The summed E-state index contributed by atoms with van der Waals surface area (Å²) >= 11 is 18.6. The maximum absolute atomic E-state index is 13.5. The summed E-state index contributed by atoms with van der Waals surface area (Å²) in [5.74, 6) is -1.52. The molecule has 2 aliphatic heterocycles. The van der Waals surface area contributed by atoms with Gasteiger partial charge in [-0.05, 0) is 54.1 Å². The third-order valence-electron chi connectivity index (χ3n) is 5.49. The molecule has 0 saturated carbocycles. The standard InChI is InChI=1S/C23H15Cl3N2O3/c24-13-6-9-16(10-7-13)28-20(17-11-8-14(25)12-18(17)26)19-21(31-28)23(30)27(22(19)29)15-4-2-1-3-5-15/h1-12,19-21H/t19-,20-,21-/m1/s1. The molecular formula is C23H15Cl3N2O3. The van der Waals surface area contributed by atoms with Crippen molar-refractivity contribution in [2.45, 2.75) is 12.1 Å². The number of hydrogen-bond acceptors (Lipinski definition) is 4. The number of halogens is 3. The molecule has 0 N–H and O–H groups in total. The number of rotatable bonds is 3. The van der Waals surface area contributed by atoms with Crippen molar-refractivity contribution in [1.29, 1.82) is 0 Å². The first-order valence-corrected chi connectivity index (χ1v) is 10.7. The molecule has 3 aromatic carbocycles. The van der Waals surface area contributed by atoms with Crippen LogP contribution in [0.15, 0.2) is 72.8 Å². The lowest BCUT2D eigenvalue weighted by Gasteiger charge is -2.29. The number of hydrogen-bond donors (Lipinski definition) is 0. The molecule has 0 aromatic heterocycles. The molecule has 2 saturated heterocycles. The van der Waals surface area contributed by atoms with E-state index >= 15 is 0 Å². The minimum absolute atomic E-state index is 0.339. The maximum Gasteiger partial charge on any atom is 0.266 e. The van der Waals surface area contributed by atoms with Crippen LogP contribution in [0.4, 0.5) is 11.4 Å². The van der Waals surface area contributed by atoms with Crippen LogP contribution in [0.1, 0.15) is 11.6 Å². The smallest absolute Gasteiger partial charge is 0.266 e. The van der Waals surface area contributed by atoms with Crippen LogP contribution < -0.4 is 9.96 Å². The molecular weight excluding hydrogens is 459 g/mol. The van der Waals surface area contributed by atoms with Gasteiger partial charge < -0.3 is 0 Å². The fourth-order valence-corrected chi connectivity index (χ4v) is 4.76. The molecule has 0 bridgehead atoms. The summed E-state index contributed by atoms with van der Waals surface area (Å²) < 4.78 is 0. The van der Waals surface area contributed by atoms with Crippen LogP contribution in [-0.4, -0.2) is 17.9 Å². The number of hydroxylamine groups is 1. The summed E-state index contributed by atoms with van der Waals surface area (Å²) in [6.45, 7) is 0. The average Bonchev–Trinajstić information content (AvgIpc) is 3.25. The summed E-state index contributed by atoms with van der Waals surface area (Å²) in [6.07, 6.45) is -0.972. The quantitative estimate of drug-likeness (QED) is 0.458. The Labute approximate surface area is 193 Å². The number of para-hydroxylation sites is 1. The Morgan fingerprint density at radius 1 is 0.742 bits per heavy atom. The summed E-state index contributed by atoms with van der Waals surface area (Å²) in [5, 5.41) is 2.99. The van der Waals surface area contributed by atoms with E-state index in [1.807, 2.05) is 6.07 Å². The van der Waals surface area contributed by atoms with Gasteiger partial charge in [0.2, 0.25) is 5.91 Å². The lowest BCUT2D eigenvalue weighted by molar-refractivity contribution is -0.126. The third kappa shape index (κ3) is 3.38. The van der Waals surface area contributed by atoms with Gasteiger partial charge in [-0.15, -0.1) is 0 Å². The average molecular weight is 474 g/mol. The molecule has 156 valence electrons. The van der Waals surface area contributed by atoms with Crippen LogP contribution >= 0.6 is 34.8 Å². The lowest BCUT2D eigenvalue weighted by Crippen LogP contribution is -2.37. The predicted octanol–water partition coefficient (Wildman–Crippen LogP) is 5.70. The second kappa shape index (κ2) is 7.84. The van der Waals surface area contributed by atoms with E-state index in [-0.39, 0.29) is 5.91 Å². The highest BCUT2D eigenvalue weighted by molar-refractivity contribution is 6.35. The zero-order chi connectivity index (χ0) is 21.7. The molecule has 2 amide bonds. The van der Waals surface area contributed by atoms with Crippen LogP contribution in [0.2, 0.25) is 15.1 Å². The molecule has 5 rings (SSSR count). The van der Waals surface area contributed by atoms with Gasteiger partial charge in [0.25, 0.3) is 5.91 Å². The van der Waals surface area contributed by atoms with Gasteiger partial charge in [0, 0.05) is 15.1 Å². The molecule has 2 fully saturated rings. The van der Waals surface area contributed by atoms with Gasteiger partial charge >= 0.3 is 0 Å². The van der Waals surface area contributed by atoms with Crippen LogP contribution in [-0.2, 0) is 14.4 Å². The van der Waals surface area contributed by atoms with Crippen molar-refractivity contribution in [3.8, 4) is 0 Å². The minimum Gasteiger partial charge on any atom is -0.273 e. The highest BCUT2D eigenvalue weighted by Gasteiger charge is 2.60. The summed E-state index contributed by atoms with van der Waals surface area (Å²) in [5.41, 5.74) is 1.81. The highest BCUT2D eigenvalue weighted by atomic mass is 35.5. The van der Waals surface area contributed by atoms with E-state index in [0.717, 1.165) is 0 Å². The topological polar surface area (TPSA) is 49.9 Å². The molecule has 0 radical (unpaired) electrons. The number of nitrogens with zero attached hydrogens (tertiary/aromatic N) is 2. The van der Waals surface area contributed by atoms with Crippen LogP contribution in [0.25, 0.3) is 0 Å². The van der Waals surface area contributed by atoms with E-state index in [1.165, 1.54) is 4.90 Å². The molecule has 3 atom stereocenters. The van der Waals surface area contributed by atoms with E-state index < -0.39 is 24.0 Å². The first-order chi connectivity index (χ1) is 15.0. The second-order valence-electron chi connectivity index (χ2n) is 7.31. The Kier molecular flexibility index (Phi) is 5.15. The first kappa shape index (κ1) is 20.3. The number of fused-ring (bicyclic) bond motifs is 1. The van der Waals surface area contributed by atoms with Gasteiger partial charge in [-0.3, -0.25) is 14.4 Å². The zero-order valence-corrected chi connectivity index (χ0v) is 18.2. The molecule has 0 spiro atoms. The van der Waals surface area contributed by atoms with Gasteiger partial charge in [0.15, 0.2) is 6.10 Å². The summed E-state index contributed by atoms with van der Waals surface area (Å²) in [4.78, 5) is 34.0. The van der Waals surface area contributed by atoms with Crippen molar-refractivity contribution in [2.24, 2.45) is 5.92 Å². The Bertz CT molecular complexity index is 1170. The molecule has 0 aliphatic carbocycles. The van der Waals surface area contributed by atoms with Gasteiger partial charge in [0.1, 0.15) is 5.92 Å². The van der Waals surface area contributed by atoms with Crippen LogP contribution in [0.5, 0.6) is 0 Å². The Morgan fingerprint density at radius 3 is 2.10 bits per heavy atom. The Balaban J connectivity index is 1.62. The molecule has 0 unspecified atom stereocenters. The van der Waals surface area contributed by atoms with Gasteiger partial charge in [-0.25, -0.2) is 9.96 Å². The van der Waals surface area contributed by atoms with E-state index in [0.29, 0.717) is 32.0 Å². The van der Waals surface area contributed by atoms with E-state index in [4.69, 9.17) is 39.6 Å². The lowest BCUT2D eigenvalue weighted by atomic mass is 9.90. The van der Waals surface area contributed by atoms with Gasteiger partial charge in [-0.1, -0.05) is 59.1 Å². The van der Waals surface area contributed by atoms with E-state index in [2.05, 4.69) is 0 Å². The number of imide groups is 1. The van der Waals surface area contributed by atoms with Gasteiger partial charge in [0.05, 0.1) is 17.4 Å². The van der Waals surface area contributed by atoms with E-state index in [9.17, 15) is 9.59 Å². The van der Waals surface area contributed by atoms with Crippen LogP contribution in [0.3, 0.4) is 0 Å². The minimum atomic E-state index is -0.972. The van der Waals surface area contributed by atoms with Crippen molar-refractivity contribution in [3.63, 3.8) is 0 Å². The Morgan fingerprint density at radius 2 is 1.42 bits per heavy atom. The normalized spacial score (nSPS) is 22.9. The van der Waals surface area contributed by atoms with Gasteiger partial charge in [-0.2, -0.15) is 0 Å². The molecule has 3 aromatic rings. The largest absolute Gasteiger partial charge is 0.273 e. The third-order valence-corrected chi connectivity index (χ3v) is 6.31. The zero-order valence-electron chi connectivity index (χ0n) is 15.9. The van der Waals surface area contributed by atoms with Crippen molar-refractivity contribution in [3.05, 3.63) is 93.4 Å². The summed E-state index contributed by atoms with van der Waals surface area (Å²) in [6, 6.07) is 20.2. The number of amides is 2. The first-order valence-electron chi connectivity index (χ1n) is 9.55. The second-order valence-corrected chi connectivity index (χ2v) is 8.59. The van der Waals surface area contributed by atoms with Crippen molar-refractivity contribution in [1.82, 2.24) is 0 Å². The SMILES string of the molecule is O=C1[C@@H]2[C@@H](c3ccc(Cl)cc3Cl)N(c3ccc(Cl)cc3)O[C@H]2C(=O)N1c1ccccc1.